The van der Waals surface area contributed by atoms with Crippen molar-refractivity contribution in [3.8, 4) is 0 Å². The highest BCUT2D eigenvalue weighted by molar-refractivity contribution is 5.95. The first kappa shape index (κ1) is 17.3. The topological polar surface area (TPSA) is 90.1 Å². The summed E-state index contributed by atoms with van der Waals surface area (Å²) >= 11 is 0. The highest BCUT2D eigenvalue weighted by Gasteiger charge is 2.22. The van der Waals surface area contributed by atoms with E-state index in [1.807, 2.05) is 0 Å². The number of nitrogens with zero attached hydrogens (tertiary/aromatic N) is 3. The number of aromatic nitrogens is 2. The Morgan fingerprint density at radius 1 is 1.27 bits per heavy atom. The van der Waals surface area contributed by atoms with Gasteiger partial charge in [-0.1, -0.05) is 18.2 Å². The van der Waals surface area contributed by atoms with Crippen molar-refractivity contribution >= 4 is 11.6 Å². The zero-order chi connectivity index (χ0) is 18.7. The second kappa shape index (κ2) is 7.14. The summed E-state index contributed by atoms with van der Waals surface area (Å²) in [4.78, 5) is 27.2. The van der Waals surface area contributed by atoms with Gasteiger partial charge in [-0.2, -0.15) is 0 Å². The van der Waals surface area contributed by atoms with Gasteiger partial charge in [-0.3, -0.25) is 14.9 Å². The highest BCUT2D eigenvalue weighted by atomic mass is 19.1. The monoisotopic (exact) mass is 354 g/mol. The molecule has 1 heterocycles. The van der Waals surface area contributed by atoms with Crippen LogP contribution in [0, 0.1) is 15.9 Å². The van der Waals surface area contributed by atoms with Gasteiger partial charge >= 0.3 is 0 Å². The molecular formula is C18H15FN4O3. The highest BCUT2D eigenvalue weighted by Crippen LogP contribution is 2.22. The minimum absolute atomic E-state index is 0.134. The predicted octanol–water partition coefficient (Wildman–Crippen LogP) is 2.99. The maximum absolute atomic E-state index is 13.7. The third kappa shape index (κ3) is 3.59. The van der Waals surface area contributed by atoms with Gasteiger partial charge in [-0.25, -0.2) is 9.37 Å². The van der Waals surface area contributed by atoms with E-state index in [-0.39, 0.29) is 11.3 Å². The van der Waals surface area contributed by atoms with Crippen LogP contribution in [0.4, 0.5) is 10.1 Å². The molecule has 26 heavy (non-hydrogen) atoms. The summed E-state index contributed by atoms with van der Waals surface area (Å²) in [5.41, 5.74) is 0.463. The van der Waals surface area contributed by atoms with Crippen molar-refractivity contribution in [3.63, 3.8) is 0 Å². The zero-order valence-corrected chi connectivity index (χ0v) is 13.8. The summed E-state index contributed by atoms with van der Waals surface area (Å²) in [6.07, 6.45) is 3.28. The van der Waals surface area contributed by atoms with Crippen molar-refractivity contribution in [1.82, 2.24) is 14.9 Å². The molecule has 0 saturated carbocycles. The number of carbonyl (C=O) groups is 1. The number of non-ortho nitro benzene ring substituents is 1. The second-order valence-corrected chi connectivity index (χ2v) is 5.67. The number of hydrogen-bond acceptors (Lipinski definition) is 4. The first-order valence-corrected chi connectivity index (χ1v) is 7.73. The van der Waals surface area contributed by atoms with E-state index in [1.165, 1.54) is 36.4 Å². The van der Waals surface area contributed by atoms with Crippen LogP contribution < -0.4 is 5.32 Å². The number of benzene rings is 2. The Hall–Kier alpha value is -3.55. The maximum atomic E-state index is 13.7. The van der Waals surface area contributed by atoms with Crippen molar-refractivity contribution in [2.24, 2.45) is 7.05 Å². The number of amides is 1. The summed E-state index contributed by atoms with van der Waals surface area (Å²) in [5, 5.41) is 13.7. The molecule has 2 aromatic carbocycles. The van der Waals surface area contributed by atoms with Gasteiger partial charge in [0.2, 0.25) is 0 Å². The number of nitrogens with one attached hydrogen (secondary N) is 1. The fraction of sp³-hybridized carbons (Fsp3) is 0.111. The number of carbonyl (C=O) groups excluding carboxylic acids is 1. The second-order valence-electron chi connectivity index (χ2n) is 5.67. The Labute approximate surface area is 148 Å². The fourth-order valence-electron chi connectivity index (χ4n) is 2.61. The average Bonchev–Trinajstić information content (AvgIpc) is 3.05. The molecule has 0 fully saturated rings. The Morgan fingerprint density at radius 2 is 2.04 bits per heavy atom. The first-order valence-electron chi connectivity index (χ1n) is 7.73. The molecule has 1 N–H and O–H groups in total. The Kier molecular flexibility index (Phi) is 4.74. The Bertz CT molecular complexity index is 970. The molecule has 8 heteroatoms. The lowest BCUT2D eigenvalue weighted by Gasteiger charge is -2.19. The van der Waals surface area contributed by atoms with E-state index in [9.17, 15) is 19.3 Å². The van der Waals surface area contributed by atoms with Crippen LogP contribution in [0.1, 0.15) is 27.8 Å². The van der Waals surface area contributed by atoms with Gasteiger partial charge in [0.05, 0.1) is 4.92 Å². The number of nitro benzene ring substituents is 1. The number of hydrogen-bond donors (Lipinski definition) is 1. The maximum Gasteiger partial charge on any atom is 0.270 e. The molecule has 0 aliphatic heterocycles. The molecule has 0 unspecified atom stereocenters. The molecule has 3 aromatic rings. The van der Waals surface area contributed by atoms with Gasteiger partial charge < -0.3 is 9.88 Å². The quantitative estimate of drug-likeness (QED) is 0.563. The Morgan fingerprint density at radius 3 is 2.69 bits per heavy atom. The number of aryl methyl sites for hydroxylation is 1. The predicted molar refractivity (Wildman–Crippen MR) is 92.0 cm³/mol. The van der Waals surface area contributed by atoms with Crippen LogP contribution in [0.2, 0.25) is 0 Å². The van der Waals surface area contributed by atoms with Crippen LogP contribution in [-0.2, 0) is 7.05 Å². The van der Waals surface area contributed by atoms with E-state index in [0.717, 1.165) is 0 Å². The molecule has 1 amide bonds. The van der Waals surface area contributed by atoms with Crippen LogP contribution in [0.15, 0.2) is 60.9 Å². The van der Waals surface area contributed by atoms with E-state index >= 15 is 0 Å². The largest absolute Gasteiger partial charge is 0.338 e. The van der Waals surface area contributed by atoms with Gasteiger partial charge in [-0.05, 0) is 23.8 Å². The van der Waals surface area contributed by atoms with E-state index < -0.39 is 22.7 Å². The lowest BCUT2D eigenvalue weighted by molar-refractivity contribution is -0.384. The summed E-state index contributed by atoms with van der Waals surface area (Å²) < 4.78 is 15.4. The van der Waals surface area contributed by atoms with Crippen molar-refractivity contribution in [2.45, 2.75) is 6.04 Å². The summed E-state index contributed by atoms with van der Waals surface area (Å²) in [7, 11) is 1.76. The number of nitro groups is 1. The minimum Gasteiger partial charge on any atom is -0.338 e. The molecule has 132 valence electrons. The standard InChI is InChI=1S/C18H15FN4O3/c1-22-9-8-20-17(22)16(12-4-2-6-14(19)10-12)21-18(24)13-5-3-7-15(11-13)23(25)26/h2-11,16H,1H3,(H,21,24)/t16-/m1/s1. The minimum atomic E-state index is -0.711. The molecule has 7 nitrogen and oxygen atoms in total. The van der Waals surface area contributed by atoms with Crippen LogP contribution in [0.3, 0.4) is 0 Å². The van der Waals surface area contributed by atoms with Crippen LogP contribution in [-0.4, -0.2) is 20.4 Å². The molecule has 1 atom stereocenters. The van der Waals surface area contributed by atoms with E-state index in [2.05, 4.69) is 10.3 Å². The molecule has 0 saturated heterocycles. The van der Waals surface area contributed by atoms with Gasteiger partial charge in [0, 0.05) is 37.1 Å². The third-order valence-corrected chi connectivity index (χ3v) is 3.89. The molecular weight excluding hydrogens is 339 g/mol. The molecule has 1 aromatic heterocycles. The average molecular weight is 354 g/mol. The van der Waals surface area contributed by atoms with E-state index in [0.29, 0.717) is 11.4 Å². The van der Waals surface area contributed by atoms with Gasteiger partial charge in [-0.15, -0.1) is 0 Å². The van der Waals surface area contributed by atoms with Gasteiger partial charge in [0.1, 0.15) is 17.7 Å². The summed E-state index contributed by atoms with van der Waals surface area (Å²) in [6.45, 7) is 0. The normalized spacial score (nSPS) is 11.8. The molecule has 0 radical (unpaired) electrons. The van der Waals surface area contributed by atoms with Crippen molar-refractivity contribution in [2.75, 3.05) is 0 Å². The van der Waals surface area contributed by atoms with Crippen molar-refractivity contribution in [3.05, 3.63) is 93.8 Å². The lowest BCUT2D eigenvalue weighted by atomic mass is 10.0. The van der Waals surface area contributed by atoms with Crippen molar-refractivity contribution in [1.29, 1.82) is 0 Å². The zero-order valence-electron chi connectivity index (χ0n) is 13.8. The molecule has 0 bridgehead atoms. The van der Waals surface area contributed by atoms with E-state index in [4.69, 9.17) is 0 Å². The van der Waals surface area contributed by atoms with Crippen molar-refractivity contribution < 1.29 is 14.1 Å². The first-order chi connectivity index (χ1) is 12.5. The molecule has 0 aliphatic carbocycles. The summed E-state index contributed by atoms with van der Waals surface area (Å²) in [6, 6.07) is 10.5. The number of halogens is 1. The molecule has 3 rings (SSSR count). The number of imidazole rings is 1. The van der Waals surface area contributed by atoms with Crippen LogP contribution >= 0.6 is 0 Å². The lowest BCUT2D eigenvalue weighted by Crippen LogP contribution is -2.31. The van der Waals surface area contributed by atoms with Gasteiger partial charge in [0.25, 0.3) is 11.6 Å². The molecule has 0 spiro atoms. The van der Waals surface area contributed by atoms with E-state index in [1.54, 1.807) is 36.1 Å². The fourth-order valence-corrected chi connectivity index (χ4v) is 2.61. The smallest absolute Gasteiger partial charge is 0.270 e. The third-order valence-electron chi connectivity index (χ3n) is 3.89. The summed E-state index contributed by atoms with van der Waals surface area (Å²) in [5.74, 6) is -0.452. The SMILES string of the molecule is Cn1ccnc1[C@H](NC(=O)c1cccc([N+](=O)[O-])c1)c1cccc(F)c1. The Balaban J connectivity index is 1.96. The van der Waals surface area contributed by atoms with Crippen LogP contribution in [0.5, 0.6) is 0 Å². The number of rotatable bonds is 5. The molecule has 0 aliphatic rings. The van der Waals surface area contributed by atoms with Gasteiger partial charge in [0.15, 0.2) is 0 Å². The van der Waals surface area contributed by atoms with Crippen LogP contribution in [0.25, 0.3) is 0 Å².